The topological polar surface area (TPSA) is 47.8 Å². The lowest BCUT2D eigenvalue weighted by atomic mass is 9.73. The molecule has 0 amide bonds. The summed E-state index contributed by atoms with van der Waals surface area (Å²) in [6.07, 6.45) is 1.20. The Bertz CT molecular complexity index is 1360. The molecule has 156 valence electrons. The highest BCUT2D eigenvalue weighted by molar-refractivity contribution is 6.42. The predicted molar refractivity (Wildman–Crippen MR) is 125 cm³/mol. The number of ketones is 1. The van der Waals surface area contributed by atoms with Crippen LogP contribution < -0.4 is 0 Å². The average molecular weight is 450 g/mol. The molecule has 0 atom stereocenters. The van der Waals surface area contributed by atoms with Crippen molar-refractivity contribution in [2.45, 2.75) is 33.6 Å². The van der Waals surface area contributed by atoms with Gasteiger partial charge < -0.3 is 0 Å². The summed E-state index contributed by atoms with van der Waals surface area (Å²) in [6, 6.07) is 15.4. The van der Waals surface area contributed by atoms with E-state index in [1.54, 1.807) is 6.07 Å². The number of aryl methyl sites for hydroxylation is 1. The van der Waals surface area contributed by atoms with Gasteiger partial charge in [0.25, 0.3) is 0 Å². The fourth-order valence-corrected chi connectivity index (χ4v) is 4.82. The number of halogens is 2. The van der Waals surface area contributed by atoms with Crippen molar-refractivity contribution in [1.82, 2.24) is 14.8 Å². The third-order valence-corrected chi connectivity index (χ3v) is 6.58. The van der Waals surface area contributed by atoms with Gasteiger partial charge in [-0.15, -0.1) is 0 Å². The van der Waals surface area contributed by atoms with Crippen molar-refractivity contribution in [3.8, 4) is 16.8 Å². The molecule has 4 nitrogen and oxygen atoms in total. The summed E-state index contributed by atoms with van der Waals surface area (Å²) >= 11 is 12.6. The average Bonchev–Trinajstić information content (AvgIpc) is 3.04. The number of aromatic nitrogens is 3. The highest BCUT2D eigenvalue weighted by atomic mass is 35.5. The molecule has 2 aromatic carbocycles. The number of hydrogen-bond donors (Lipinski definition) is 0. The minimum atomic E-state index is -0.147. The molecule has 0 N–H and O–H groups in total. The number of nitrogens with zero attached hydrogens (tertiary/aromatic N) is 3. The zero-order chi connectivity index (χ0) is 21.9. The van der Waals surface area contributed by atoms with Gasteiger partial charge in [-0.3, -0.25) is 4.79 Å². The molecule has 6 heteroatoms. The molecule has 1 aliphatic carbocycles. The molecule has 0 spiro atoms. The van der Waals surface area contributed by atoms with Crippen LogP contribution in [0.3, 0.4) is 0 Å². The molecular weight excluding hydrogens is 429 g/mol. The molecule has 0 saturated heterocycles. The Morgan fingerprint density at radius 1 is 0.968 bits per heavy atom. The molecule has 0 saturated carbocycles. The Hall–Kier alpha value is -2.69. The van der Waals surface area contributed by atoms with E-state index in [1.807, 2.05) is 54.1 Å². The van der Waals surface area contributed by atoms with E-state index in [1.165, 1.54) is 0 Å². The first-order valence-electron chi connectivity index (χ1n) is 10.2. The molecule has 0 bridgehead atoms. The van der Waals surface area contributed by atoms with Crippen molar-refractivity contribution < 1.29 is 4.79 Å². The van der Waals surface area contributed by atoms with E-state index in [9.17, 15) is 4.79 Å². The van der Waals surface area contributed by atoms with Crippen LogP contribution in [0.2, 0.25) is 10.0 Å². The Morgan fingerprint density at radius 2 is 1.71 bits per heavy atom. The number of carbonyl (C=O) groups is 1. The number of para-hydroxylation sites is 1. The summed E-state index contributed by atoms with van der Waals surface area (Å²) in [6.45, 7) is 6.17. The maximum absolute atomic E-state index is 13.4. The molecule has 0 unspecified atom stereocenters. The first-order chi connectivity index (χ1) is 14.7. The number of pyridine rings is 1. The van der Waals surface area contributed by atoms with Gasteiger partial charge in [-0.1, -0.05) is 61.3 Å². The molecule has 2 aromatic heterocycles. The number of carbonyl (C=O) groups excluding carboxylic acids is 1. The number of Topliss-reactive ketones (excluding diaryl/α,β-unsaturated/α-hetero) is 1. The molecule has 0 aliphatic heterocycles. The van der Waals surface area contributed by atoms with Crippen LogP contribution >= 0.6 is 23.2 Å². The lowest BCUT2D eigenvalue weighted by Gasteiger charge is -2.31. The monoisotopic (exact) mass is 449 g/mol. The maximum Gasteiger partial charge on any atom is 0.165 e. The second kappa shape index (κ2) is 7.18. The van der Waals surface area contributed by atoms with Crippen LogP contribution in [0.5, 0.6) is 0 Å². The van der Waals surface area contributed by atoms with Crippen molar-refractivity contribution >= 4 is 40.0 Å². The largest absolute Gasteiger partial charge is 0.294 e. The Balaban J connectivity index is 1.91. The lowest BCUT2D eigenvalue weighted by Crippen LogP contribution is -2.28. The number of fused-ring (bicyclic) bond motifs is 2. The van der Waals surface area contributed by atoms with Crippen LogP contribution in [-0.2, 0) is 6.42 Å². The van der Waals surface area contributed by atoms with Gasteiger partial charge in [0.15, 0.2) is 11.4 Å². The summed E-state index contributed by atoms with van der Waals surface area (Å²) in [4.78, 5) is 18.4. The van der Waals surface area contributed by atoms with Crippen molar-refractivity contribution in [3.63, 3.8) is 0 Å². The second-order valence-corrected chi connectivity index (χ2v) is 9.72. The van der Waals surface area contributed by atoms with Crippen LogP contribution in [0.25, 0.3) is 27.8 Å². The third kappa shape index (κ3) is 3.35. The minimum absolute atomic E-state index is 0.105. The van der Waals surface area contributed by atoms with Crippen LogP contribution in [-0.4, -0.2) is 20.5 Å². The summed E-state index contributed by atoms with van der Waals surface area (Å²) in [5.74, 6) is 0.105. The van der Waals surface area contributed by atoms with Crippen molar-refractivity contribution in [2.24, 2.45) is 5.41 Å². The Morgan fingerprint density at radius 3 is 2.42 bits per heavy atom. The van der Waals surface area contributed by atoms with Gasteiger partial charge in [0.2, 0.25) is 0 Å². The molecule has 4 aromatic rings. The predicted octanol–water partition coefficient (Wildman–Crippen LogP) is 6.86. The van der Waals surface area contributed by atoms with Crippen LogP contribution in [0.4, 0.5) is 0 Å². The van der Waals surface area contributed by atoms with Gasteiger partial charge in [0.05, 0.1) is 32.5 Å². The van der Waals surface area contributed by atoms with Gasteiger partial charge >= 0.3 is 0 Å². The smallest absolute Gasteiger partial charge is 0.165 e. The van der Waals surface area contributed by atoms with Crippen LogP contribution in [0.1, 0.15) is 42.0 Å². The molecule has 0 radical (unpaired) electrons. The molecule has 2 heterocycles. The van der Waals surface area contributed by atoms with E-state index in [-0.39, 0.29) is 11.2 Å². The van der Waals surface area contributed by atoms with E-state index >= 15 is 0 Å². The van der Waals surface area contributed by atoms with Crippen molar-refractivity contribution in [2.75, 3.05) is 0 Å². The van der Waals surface area contributed by atoms with Crippen LogP contribution in [0, 0.1) is 12.3 Å². The molecule has 1 aliphatic rings. The molecule has 0 fully saturated rings. The highest BCUT2D eigenvalue weighted by Gasteiger charge is 2.36. The van der Waals surface area contributed by atoms with E-state index in [0.717, 1.165) is 45.7 Å². The Kier molecular flexibility index (Phi) is 4.68. The van der Waals surface area contributed by atoms with E-state index < -0.39 is 0 Å². The number of hydrogen-bond acceptors (Lipinski definition) is 3. The molecule has 31 heavy (non-hydrogen) atoms. The zero-order valence-corrected chi connectivity index (χ0v) is 19.1. The third-order valence-electron chi connectivity index (χ3n) is 5.84. The SMILES string of the molecule is Cc1nn(-c2ccccc2)c2nc3c(c(-c4ccc(Cl)c(Cl)c4)c12)C(=O)CC(C)(C)C3. The fraction of sp³-hybridized carbons (Fsp3) is 0.240. The van der Waals surface area contributed by atoms with Gasteiger partial charge in [0.1, 0.15) is 0 Å². The first-order valence-corrected chi connectivity index (χ1v) is 11.0. The first kappa shape index (κ1) is 20.2. The van der Waals surface area contributed by atoms with E-state index in [0.29, 0.717) is 22.0 Å². The van der Waals surface area contributed by atoms with Gasteiger partial charge in [-0.2, -0.15) is 5.10 Å². The Labute approximate surface area is 190 Å². The second-order valence-electron chi connectivity index (χ2n) is 8.91. The quantitative estimate of drug-likeness (QED) is 0.335. The maximum atomic E-state index is 13.4. The summed E-state index contributed by atoms with van der Waals surface area (Å²) < 4.78 is 1.86. The summed E-state index contributed by atoms with van der Waals surface area (Å²) in [5.41, 5.74) is 5.52. The van der Waals surface area contributed by atoms with Gasteiger partial charge in [-0.05, 0) is 48.6 Å². The lowest BCUT2D eigenvalue weighted by molar-refractivity contribution is 0.0911. The normalized spacial score (nSPS) is 15.3. The standard InChI is InChI=1S/C25H21Cl2N3O/c1-14-21-22(15-9-10-17(26)18(27)11-15)23-19(12-25(2,3)13-20(23)31)28-24(21)30(29-14)16-7-5-4-6-8-16/h4-11H,12-13H2,1-3H3. The van der Waals surface area contributed by atoms with Crippen LogP contribution in [0.15, 0.2) is 48.5 Å². The molecular formula is C25H21Cl2N3O. The number of benzene rings is 2. The summed E-state index contributed by atoms with van der Waals surface area (Å²) in [7, 11) is 0. The zero-order valence-electron chi connectivity index (χ0n) is 17.5. The van der Waals surface area contributed by atoms with E-state index in [4.69, 9.17) is 33.3 Å². The highest BCUT2D eigenvalue weighted by Crippen LogP contribution is 2.43. The summed E-state index contributed by atoms with van der Waals surface area (Å²) in [5, 5.41) is 6.61. The fourth-order valence-electron chi connectivity index (χ4n) is 4.52. The minimum Gasteiger partial charge on any atom is -0.294 e. The molecule has 5 rings (SSSR count). The van der Waals surface area contributed by atoms with E-state index in [2.05, 4.69) is 13.8 Å². The number of rotatable bonds is 2. The van der Waals surface area contributed by atoms with Gasteiger partial charge in [0, 0.05) is 17.5 Å². The van der Waals surface area contributed by atoms with Gasteiger partial charge in [-0.25, -0.2) is 9.67 Å². The van der Waals surface area contributed by atoms with Crippen molar-refractivity contribution in [3.05, 3.63) is 75.5 Å². The van der Waals surface area contributed by atoms with Crippen molar-refractivity contribution in [1.29, 1.82) is 0 Å².